The Labute approximate surface area is 176 Å². The Hall–Kier alpha value is -2.14. The molecule has 3 rings (SSSR count). The third-order valence-corrected chi connectivity index (χ3v) is 5.43. The van der Waals surface area contributed by atoms with E-state index in [0.717, 1.165) is 6.20 Å². The number of hydrogen-bond donors (Lipinski definition) is 2. The third kappa shape index (κ3) is 4.25. The molecule has 29 heavy (non-hydrogen) atoms. The zero-order valence-corrected chi connectivity index (χ0v) is 17.3. The van der Waals surface area contributed by atoms with Gasteiger partial charge in [-0.05, 0) is 52.8 Å². The number of benzene rings is 1. The normalized spacial score (nSPS) is 12.9. The van der Waals surface area contributed by atoms with Gasteiger partial charge in [0.1, 0.15) is 10.7 Å². The molecule has 2 heterocycles. The highest BCUT2D eigenvalue weighted by atomic mass is 79.9. The summed E-state index contributed by atoms with van der Waals surface area (Å²) in [6.07, 6.45) is -3.80. The van der Waals surface area contributed by atoms with E-state index in [4.69, 9.17) is 11.6 Å². The third-order valence-electron chi connectivity index (χ3n) is 4.12. The molecule has 2 aromatic heterocycles. The van der Waals surface area contributed by atoms with Crippen molar-refractivity contribution >= 4 is 27.5 Å². The first-order chi connectivity index (χ1) is 13.6. The molecule has 0 saturated carbocycles. The average Bonchev–Trinajstić information content (AvgIpc) is 3.12. The number of nitrogens with zero attached hydrogens (tertiary/aromatic N) is 3. The van der Waals surface area contributed by atoms with Gasteiger partial charge in [-0.25, -0.2) is 4.68 Å². The van der Waals surface area contributed by atoms with Crippen molar-refractivity contribution in [3.63, 3.8) is 0 Å². The molecule has 11 heteroatoms. The first-order valence-corrected chi connectivity index (χ1v) is 9.56. The number of nitrogens with one attached hydrogen (secondary N) is 1. The van der Waals surface area contributed by atoms with Crippen LogP contribution in [-0.2, 0) is 6.18 Å². The van der Waals surface area contributed by atoms with E-state index in [0.29, 0.717) is 10.4 Å². The summed E-state index contributed by atoms with van der Waals surface area (Å²) < 4.78 is 43.1. The molecule has 0 spiro atoms. The topological polar surface area (TPSA) is 72.1 Å². The van der Waals surface area contributed by atoms with Crippen LogP contribution in [0, 0.1) is 0 Å². The number of alkyl halides is 3. The van der Waals surface area contributed by atoms with Crippen LogP contribution in [0.15, 0.2) is 52.0 Å². The lowest BCUT2D eigenvalue weighted by Crippen LogP contribution is -2.24. The lowest BCUT2D eigenvalue weighted by atomic mass is 10.2. The molecule has 0 aliphatic heterocycles. The number of aliphatic hydroxyl groups is 1. The molecule has 0 aliphatic carbocycles. The predicted molar refractivity (Wildman–Crippen MR) is 106 cm³/mol. The van der Waals surface area contributed by atoms with E-state index in [1.54, 1.807) is 6.92 Å². The molecule has 1 aromatic carbocycles. The van der Waals surface area contributed by atoms with Crippen LogP contribution in [0.25, 0.3) is 11.4 Å². The van der Waals surface area contributed by atoms with Crippen molar-refractivity contribution in [2.45, 2.75) is 19.3 Å². The highest BCUT2D eigenvalue weighted by Crippen LogP contribution is 2.35. The van der Waals surface area contributed by atoms with E-state index in [1.807, 2.05) is 0 Å². The SMILES string of the molecule is CCNC(O)c1cnn(-c2ccc(-n3ccc(Cl)c(Br)c3=O)cc2)c1C(F)(F)F. The van der Waals surface area contributed by atoms with Gasteiger partial charge in [0.25, 0.3) is 5.56 Å². The van der Waals surface area contributed by atoms with E-state index in [9.17, 15) is 23.1 Å². The Bertz CT molecular complexity index is 1080. The average molecular weight is 492 g/mol. The molecule has 3 aromatic rings. The molecule has 0 saturated heterocycles. The zero-order valence-electron chi connectivity index (χ0n) is 14.9. The van der Waals surface area contributed by atoms with Gasteiger partial charge >= 0.3 is 6.18 Å². The van der Waals surface area contributed by atoms with Crippen LogP contribution in [0.3, 0.4) is 0 Å². The van der Waals surface area contributed by atoms with Crippen molar-refractivity contribution in [1.82, 2.24) is 19.7 Å². The van der Waals surface area contributed by atoms with Crippen LogP contribution in [0.5, 0.6) is 0 Å². The summed E-state index contributed by atoms with van der Waals surface area (Å²) in [6.45, 7) is 1.94. The van der Waals surface area contributed by atoms with Gasteiger partial charge < -0.3 is 5.11 Å². The summed E-state index contributed by atoms with van der Waals surface area (Å²) in [5.41, 5.74) is -1.30. The first kappa shape index (κ1) is 21.6. The van der Waals surface area contributed by atoms with Crippen LogP contribution in [0.2, 0.25) is 5.02 Å². The van der Waals surface area contributed by atoms with Crippen LogP contribution >= 0.6 is 27.5 Å². The minimum Gasteiger partial charge on any atom is -0.374 e. The van der Waals surface area contributed by atoms with Crippen molar-refractivity contribution < 1.29 is 18.3 Å². The van der Waals surface area contributed by atoms with Gasteiger partial charge in [0.05, 0.1) is 16.9 Å². The fourth-order valence-electron chi connectivity index (χ4n) is 2.79. The second-order valence-corrected chi connectivity index (χ2v) is 7.19. The Morgan fingerprint density at radius 1 is 1.24 bits per heavy atom. The quantitative estimate of drug-likeness (QED) is 0.528. The Morgan fingerprint density at radius 3 is 2.45 bits per heavy atom. The smallest absolute Gasteiger partial charge is 0.374 e. The van der Waals surface area contributed by atoms with Crippen LogP contribution < -0.4 is 10.9 Å². The summed E-state index contributed by atoms with van der Waals surface area (Å²) in [5, 5.41) is 16.6. The molecule has 0 amide bonds. The lowest BCUT2D eigenvalue weighted by molar-refractivity contribution is -0.144. The maximum absolute atomic E-state index is 13.6. The lowest BCUT2D eigenvalue weighted by Gasteiger charge is -2.16. The second kappa shape index (κ2) is 8.31. The van der Waals surface area contributed by atoms with Crippen molar-refractivity contribution in [2.24, 2.45) is 0 Å². The standard InChI is InChI=1S/C18H15BrClF3N4O2/c1-2-24-16(28)12-9-25-27(15(12)18(21,22)23)11-5-3-10(4-6-11)26-8-7-13(20)14(19)17(26)29/h3-9,16,24,28H,2H2,1H3. The van der Waals surface area contributed by atoms with Gasteiger partial charge in [0.2, 0.25) is 0 Å². The maximum Gasteiger partial charge on any atom is 0.433 e. The van der Waals surface area contributed by atoms with Gasteiger partial charge in [0, 0.05) is 17.4 Å². The summed E-state index contributed by atoms with van der Waals surface area (Å²) in [4.78, 5) is 12.3. The first-order valence-electron chi connectivity index (χ1n) is 8.39. The van der Waals surface area contributed by atoms with E-state index >= 15 is 0 Å². The fraction of sp³-hybridized carbons (Fsp3) is 0.222. The molecule has 0 radical (unpaired) electrons. The van der Waals surface area contributed by atoms with Crippen LogP contribution in [0.1, 0.15) is 24.4 Å². The van der Waals surface area contributed by atoms with Gasteiger partial charge in [-0.3, -0.25) is 14.7 Å². The monoisotopic (exact) mass is 490 g/mol. The molecule has 154 valence electrons. The molecular formula is C18H15BrClF3N4O2. The van der Waals surface area contributed by atoms with Crippen LogP contribution in [-0.4, -0.2) is 26.0 Å². The molecule has 6 nitrogen and oxygen atoms in total. The van der Waals surface area contributed by atoms with E-state index < -0.39 is 23.7 Å². The van der Waals surface area contributed by atoms with Gasteiger partial charge in [-0.1, -0.05) is 18.5 Å². The molecule has 0 bridgehead atoms. The minimum absolute atomic E-state index is 0.122. The number of halogens is 5. The van der Waals surface area contributed by atoms with E-state index in [1.165, 1.54) is 41.1 Å². The molecule has 2 N–H and O–H groups in total. The summed E-state index contributed by atoms with van der Waals surface area (Å²) in [5.74, 6) is 0. The Balaban J connectivity index is 2.05. The summed E-state index contributed by atoms with van der Waals surface area (Å²) >= 11 is 8.99. The number of rotatable bonds is 5. The highest BCUT2D eigenvalue weighted by Gasteiger charge is 2.40. The van der Waals surface area contributed by atoms with Crippen molar-refractivity contribution in [3.8, 4) is 11.4 Å². The molecule has 0 fully saturated rings. The highest BCUT2D eigenvalue weighted by molar-refractivity contribution is 9.10. The minimum atomic E-state index is -4.74. The predicted octanol–water partition coefficient (Wildman–Crippen LogP) is 4.06. The summed E-state index contributed by atoms with van der Waals surface area (Å²) in [7, 11) is 0. The maximum atomic E-state index is 13.6. The largest absolute Gasteiger partial charge is 0.433 e. The van der Waals surface area contributed by atoms with E-state index in [2.05, 4.69) is 26.3 Å². The fourth-order valence-corrected chi connectivity index (χ4v) is 3.25. The zero-order chi connectivity index (χ0) is 21.3. The van der Waals surface area contributed by atoms with Crippen molar-refractivity contribution in [1.29, 1.82) is 0 Å². The second-order valence-electron chi connectivity index (χ2n) is 5.99. The van der Waals surface area contributed by atoms with Crippen molar-refractivity contribution in [2.75, 3.05) is 6.54 Å². The van der Waals surface area contributed by atoms with Gasteiger partial charge in [0.15, 0.2) is 5.69 Å². The van der Waals surface area contributed by atoms with Crippen molar-refractivity contribution in [3.05, 3.63) is 73.8 Å². The molecule has 1 unspecified atom stereocenters. The number of hydrogen-bond acceptors (Lipinski definition) is 4. The van der Waals surface area contributed by atoms with Gasteiger partial charge in [-0.15, -0.1) is 0 Å². The molecular weight excluding hydrogens is 477 g/mol. The number of pyridine rings is 1. The summed E-state index contributed by atoms with van der Waals surface area (Å²) in [6, 6.07) is 7.29. The molecule has 0 aliphatic rings. The van der Waals surface area contributed by atoms with E-state index in [-0.39, 0.29) is 27.3 Å². The number of aromatic nitrogens is 3. The Morgan fingerprint density at radius 2 is 1.86 bits per heavy atom. The molecule has 1 atom stereocenters. The number of aliphatic hydroxyl groups excluding tert-OH is 1. The van der Waals surface area contributed by atoms with Gasteiger partial charge in [-0.2, -0.15) is 18.3 Å². The van der Waals surface area contributed by atoms with Crippen LogP contribution in [0.4, 0.5) is 13.2 Å². The Kier molecular flexibility index (Phi) is 6.18.